The predicted octanol–water partition coefficient (Wildman–Crippen LogP) is 3.21. The smallest absolute Gasteiger partial charge is 0.235 e. The number of likely N-dealkylation sites (tertiary alicyclic amines) is 1. The number of hydrogen-bond donors (Lipinski definition) is 0. The minimum Gasteiger partial charge on any atom is -0.342 e. The Bertz CT molecular complexity index is 507. The van der Waals surface area contributed by atoms with Gasteiger partial charge in [0.1, 0.15) is 5.75 Å². The summed E-state index contributed by atoms with van der Waals surface area (Å²) in [6, 6.07) is 8.06. The van der Waals surface area contributed by atoms with Gasteiger partial charge in [-0.2, -0.15) is 0 Å². The quantitative estimate of drug-likeness (QED) is 0.856. The van der Waals surface area contributed by atoms with Crippen LogP contribution in [0.1, 0.15) is 49.0 Å². The molecule has 0 radical (unpaired) electrons. The number of hydrogen-bond acceptors (Lipinski definition) is 2. The van der Waals surface area contributed by atoms with Gasteiger partial charge in [0.05, 0.1) is 5.25 Å². The number of carbonyl (C=O) groups is 1. The first-order valence-electron chi connectivity index (χ1n) is 7.79. The van der Waals surface area contributed by atoms with Crippen molar-refractivity contribution < 1.29 is 9.00 Å². The van der Waals surface area contributed by atoms with Gasteiger partial charge in [-0.3, -0.25) is 9.00 Å². The molecule has 0 saturated carbocycles. The van der Waals surface area contributed by atoms with Crippen molar-refractivity contribution in [1.29, 1.82) is 0 Å². The first kappa shape index (κ1) is 16.2. The van der Waals surface area contributed by atoms with Gasteiger partial charge in [0.2, 0.25) is 5.91 Å². The summed E-state index contributed by atoms with van der Waals surface area (Å²) in [6.07, 6.45) is 4.55. The highest BCUT2D eigenvalue weighted by atomic mass is 32.2. The monoisotopic (exact) mass is 307 g/mol. The summed E-state index contributed by atoms with van der Waals surface area (Å²) in [4.78, 5) is 14.2. The molecule has 21 heavy (non-hydrogen) atoms. The van der Waals surface area contributed by atoms with E-state index in [1.165, 1.54) is 12.8 Å². The zero-order valence-electron chi connectivity index (χ0n) is 13.0. The predicted molar refractivity (Wildman–Crippen MR) is 87.7 cm³/mol. The molecular weight excluding hydrogens is 282 g/mol. The lowest BCUT2D eigenvalue weighted by Crippen LogP contribution is -2.35. The van der Waals surface area contributed by atoms with Gasteiger partial charge in [0.15, 0.2) is 0 Å². The molecule has 3 nitrogen and oxygen atoms in total. The molecular formula is C17H25NO2S. The second kappa shape index (κ2) is 7.74. The third-order valence-corrected chi connectivity index (χ3v) is 5.72. The topological polar surface area (TPSA) is 37.4 Å². The summed E-state index contributed by atoms with van der Waals surface area (Å²) in [5, 5.41) is -0.0965. The van der Waals surface area contributed by atoms with Crippen molar-refractivity contribution in [2.75, 3.05) is 18.8 Å². The van der Waals surface area contributed by atoms with Crippen molar-refractivity contribution in [3.05, 3.63) is 35.4 Å². The van der Waals surface area contributed by atoms with Crippen molar-refractivity contribution in [3.63, 3.8) is 0 Å². The van der Waals surface area contributed by atoms with Crippen LogP contribution in [0.5, 0.6) is 0 Å². The van der Waals surface area contributed by atoms with Crippen molar-refractivity contribution in [2.24, 2.45) is 0 Å². The third kappa shape index (κ3) is 4.67. The van der Waals surface area contributed by atoms with E-state index >= 15 is 0 Å². The average Bonchev–Trinajstić information content (AvgIpc) is 2.75. The minimum absolute atomic E-state index is 0.0507. The van der Waals surface area contributed by atoms with Crippen LogP contribution in [0.3, 0.4) is 0 Å². The molecule has 0 spiro atoms. The van der Waals surface area contributed by atoms with E-state index in [1.807, 2.05) is 36.9 Å². The maximum atomic E-state index is 12.5. The van der Waals surface area contributed by atoms with Crippen LogP contribution >= 0.6 is 0 Å². The highest BCUT2D eigenvalue weighted by Gasteiger charge is 2.21. The molecule has 4 heteroatoms. The molecule has 0 bridgehead atoms. The SMILES string of the molecule is Cc1cccc([C@H](C)[S@@](=O)CC(=O)N2CCCCCC2)c1. The van der Waals surface area contributed by atoms with Gasteiger partial charge < -0.3 is 4.90 Å². The van der Waals surface area contributed by atoms with Crippen molar-refractivity contribution in [2.45, 2.75) is 44.8 Å². The van der Waals surface area contributed by atoms with E-state index in [-0.39, 0.29) is 16.9 Å². The molecule has 0 N–H and O–H groups in total. The lowest BCUT2D eigenvalue weighted by atomic mass is 10.1. The molecule has 0 aromatic heterocycles. The highest BCUT2D eigenvalue weighted by molar-refractivity contribution is 7.86. The Hall–Kier alpha value is -1.16. The van der Waals surface area contributed by atoms with Gasteiger partial charge in [0, 0.05) is 23.9 Å². The number of rotatable bonds is 4. The fourth-order valence-electron chi connectivity index (χ4n) is 2.73. The maximum absolute atomic E-state index is 12.5. The van der Waals surface area contributed by atoms with Crippen molar-refractivity contribution >= 4 is 16.7 Å². The van der Waals surface area contributed by atoms with Gasteiger partial charge in [-0.05, 0) is 32.3 Å². The minimum atomic E-state index is -1.15. The summed E-state index contributed by atoms with van der Waals surface area (Å²) >= 11 is 0. The molecule has 116 valence electrons. The van der Waals surface area contributed by atoms with E-state index in [0.29, 0.717) is 0 Å². The highest BCUT2D eigenvalue weighted by Crippen LogP contribution is 2.21. The van der Waals surface area contributed by atoms with Crippen LogP contribution < -0.4 is 0 Å². The number of benzene rings is 1. The molecule has 0 unspecified atom stereocenters. The van der Waals surface area contributed by atoms with Crippen molar-refractivity contribution in [1.82, 2.24) is 4.90 Å². The zero-order valence-corrected chi connectivity index (χ0v) is 13.8. The van der Waals surface area contributed by atoms with E-state index in [9.17, 15) is 9.00 Å². The van der Waals surface area contributed by atoms with Crippen LogP contribution in [0.4, 0.5) is 0 Å². The van der Waals surface area contributed by atoms with Gasteiger partial charge in [-0.25, -0.2) is 0 Å². The van der Waals surface area contributed by atoms with Gasteiger partial charge in [-0.1, -0.05) is 42.7 Å². The Balaban J connectivity index is 1.95. The molecule has 1 aromatic rings. The number of amides is 1. The van der Waals surface area contributed by atoms with Crippen LogP contribution in [0.2, 0.25) is 0 Å². The first-order valence-corrected chi connectivity index (χ1v) is 9.17. The summed E-state index contributed by atoms with van der Waals surface area (Å²) in [7, 11) is -1.15. The standard InChI is InChI=1S/C17H25NO2S/c1-14-8-7-9-16(12-14)15(2)21(20)13-17(19)18-10-5-3-4-6-11-18/h7-9,12,15H,3-6,10-11,13H2,1-2H3/t15-,21-/m0/s1. The third-order valence-electron chi connectivity index (χ3n) is 4.13. The van der Waals surface area contributed by atoms with Gasteiger partial charge in [0.25, 0.3) is 0 Å². The lowest BCUT2D eigenvalue weighted by Gasteiger charge is -2.21. The largest absolute Gasteiger partial charge is 0.342 e. The summed E-state index contributed by atoms with van der Waals surface area (Å²) < 4.78 is 12.5. The normalized spacial score (nSPS) is 18.9. The fourth-order valence-corrected chi connectivity index (χ4v) is 3.86. The second-order valence-corrected chi connectivity index (χ2v) is 7.63. The maximum Gasteiger partial charge on any atom is 0.235 e. The number of carbonyl (C=O) groups excluding carboxylic acids is 1. The summed E-state index contributed by atoms with van der Waals surface area (Å²) in [5.41, 5.74) is 2.21. The molecule has 1 aliphatic rings. The van der Waals surface area contributed by atoms with E-state index in [1.54, 1.807) is 0 Å². The van der Waals surface area contributed by atoms with Gasteiger partial charge in [-0.15, -0.1) is 0 Å². The first-order chi connectivity index (χ1) is 10.1. The van der Waals surface area contributed by atoms with E-state index in [4.69, 9.17) is 0 Å². The number of nitrogens with zero attached hydrogens (tertiary/aromatic N) is 1. The van der Waals surface area contributed by atoms with Crippen LogP contribution in [0, 0.1) is 6.92 Å². The second-order valence-electron chi connectivity index (χ2n) is 5.88. The Morgan fingerprint density at radius 2 is 1.90 bits per heavy atom. The van der Waals surface area contributed by atoms with E-state index in [0.717, 1.165) is 37.1 Å². The molecule has 1 fully saturated rings. The summed E-state index contributed by atoms with van der Waals surface area (Å²) in [5.74, 6) is 0.199. The zero-order chi connectivity index (χ0) is 15.2. The molecule has 2 atom stereocenters. The van der Waals surface area contributed by atoms with Crippen LogP contribution in [-0.2, 0) is 15.6 Å². The molecule has 1 saturated heterocycles. The Morgan fingerprint density at radius 1 is 1.24 bits per heavy atom. The van der Waals surface area contributed by atoms with Gasteiger partial charge >= 0.3 is 0 Å². The molecule has 1 aromatic carbocycles. The van der Waals surface area contributed by atoms with Crippen LogP contribution in [0.15, 0.2) is 24.3 Å². The molecule has 1 aliphatic heterocycles. The van der Waals surface area contributed by atoms with E-state index < -0.39 is 10.8 Å². The number of aryl methyl sites for hydroxylation is 1. The molecule has 1 heterocycles. The van der Waals surface area contributed by atoms with E-state index in [2.05, 4.69) is 6.07 Å². The van der Waals surface area contributed by atoms with Crippen LogP contribution in [-0.4, -0.2) is 33.9 Å². The lowest BCUT2D eigenvalue weighted by molar-refractivity contribution is -0.128. The average molecular weight is 307 g/mol. The molecule has 1 amide bonds. The Morgan fingerprint density at radius 3 is 2.52 bits per heavy atom. The van der Waals surface area contributed by atoms with Crippen LogP contribution in [0.25, 0.3) is 0 Å². The molecule has 2 rings (SSSR count). The Labute approximate surface area is 130 Å². The molecule has 0 aliphatic carbocycles. The Kier molecular flexibility index (Phi) is 5.97. The summed E-state index contributed by atoms with van der Waals surface area (Å²) in [6.45, 7) is 5.63. The fraction of sp³-hybridized carbons (Fsp3) is 0.588. The van der Waals surface area contributed by atoms with Crippen molar-refractivity contribution in [3.8, 4) is 0 Å².